The second-order valence-corrected chi connectivity index (χ2v) is 8.30. The summed E-state index contributed by atoms with van der Waals surface area (Å²) in [7, 11) is 3.22. The van der Waals surface area contributed by atoms with Gasteiger partial charge in [-0.3, -0.25) is 14.5 Å². The molecule has 3 aromatic rings. The van der Waals surface area contributed by atoms with Crippen LogP contribution >= 0.6 is 0 Å². The molecule has 1 N–H and O–H groups in total. The molecule has 1 heterocycles. The van der Waals surface area contributed by atoms with Gasteiger partial charge in [0.2, 0.25) is 5.91 Å². The van der Waals surface area contributed by atoms with Crippen molar-refractivity contribution in [3.05, 3.63) is 89.5 Å². The highest BCUT2D eigenvalue weighted by Crippen LogP contribution is 2.45. The Balaban J connectivity index is 1.88. The van der Waals surface area contributed by atoms with Crippen molar-refractivity contribution in [2.24, 2.45) is 0 Å². The largest absolute Gasteiger partial charge is 0.497 e. The van der Waals surface area contributed by atoms with Crippen LogP contribution in [0.4, 0.5) is 5.69 Å². The number of methoxy groups -OCH3 is 2. The number of fused-ring (bicyclic) bond motifs is 1. The third kappa shape index (κ3) is 4.49. The van der Waals surface area contributed by atoms with E-state index in [1.165, 1.54) is 0 Å². The van der Waals surface area contributed by atoms with Gasteiger partial charge in [0, 0.05) is 17.8 Å². The molecule has 1 aliphatic heterocycles. The number of amides is 2. The van der Waals surface area contributed by atoms with Crippen molar-refractivity contribution in [2.75, 3.05) is 25.7 Å². The molecule has 34 heavy (non-hydrogen) atoms. The zero-order chi connectivity index (χ0) is 24.1. The highest BCUT2D eigenvalue weighted by Gasteiger charge is 2.44. The summed E-state index contributed by atoms with van der Waals surface area (Å²) in [6.45, 7) is 2.69. The molecule has 0 aromatic heterocycles. The van der Waals surface area contributed by atoms with Crippen LogP contribution in [0.2, 0.25) is 0 Å². The standard InChI is InChI=1S/C28H30N2O4/c1-4-5-18-29-27(31)25-23-8-6-7-9-24(23)28(32)30(20-12-16-22(34-3)17-13-20)26(25)19-10-14-21(33-2)15-11-19/h6-17,25-26H,4-5,18H2,1-3H3,(H,29,31)/t25-,26+/m1/s1. The van der Waals surface area contributed by atoms with Gasteiger partial charge in [0.25, 0.3) is 5.91 Å². The summed E-state index contributed by atoms with van der Waals surface area (Å²) >= 11 is 0. The summed E-state index contributed by atoms with van der Waals surface area (Å²) in [5.74, 6) is 0.614. The molecule has 0 saturated heterocycles. The Bertz CT molecular complexity index is 1140. The highest BCUT2D eigenvalue weighted by molar-refractivity contribution is 6.11. The van der Waals surface area contributed by atoms with Gasteiger partial charge in [-0.05, 0) is 60.0 Å². The number of rotatable bonds is 8. The van der Waals surface area contributed by atoms with Crippen molar-refractivity contribution >= 4 is 17.5 Å². The molecule has 2 amide bonds. The van der Waals surface area contributed by atoms with Crippen LogP contribution in [0.5, 0.6) is 11.5 Å². The number of nitrogens with zero attached hydrogens (tertiary/aromatic N) is 1. The van der Waals surface area contributed by atoms with Gasteiger partial charge in [-0.1, -0.05) is 43.7 Å². The van der Waals surface area contributed by atoms with Crippen LogP contribution < -0.4 is 19.7 Å². The van der Waals surface area contributed by atoms with Gasteiger partial charge < -0.3 is 14.8 Å². The Hall–Kier alpha value is -3.80. The number of anilines is 1. The molecule has 0 spiro atoms. The minimum Gasteiger partial charge on any atom is -0.497 e. The second-order valence-electron chi connectivity index (χ2n) is 8.30. The molecular formula is C28H30N2O4. The lowest BCUT2D eigenvalue weighted by molar-refractivity contribution is -0.123. The maximum Gasteiger partial charge on any atom is 0.259 e. The number of unbranched alkanes of at least 4 members (excludes halogenated alkanes) is 1. The van der Waals surface area contributed by atoms with E-state index in [-0.39, 0.29) is 11.8 Å². The van der Waals surface area contributed by atoms with Crippen molar-refractivity contribution in [1.82, 2.24) is 5.32 Å². The van der Waals surface area contributed by atoms with E-state index in [4.69, 9.17) is 9.47 Å². The molecule has 6 heteroatoms. The van der Waals surface area contributed by atoms with Crippen LogP contribution in [0.25, 0.3) is 0 Å². The SMILES string of the molecule is CCCCNC(=O)[C@@H]1c2ccccc2C(=O)N(c2ccc(OC)cc2)[C@H]1c1ccc(OC)cc1. The quantitative estimate of drug-likeness (QED) is 0.477. The van der Waals surface area contributed by atoms with E-state index in [2.05, 4.69) is 12.2 Å². The minimum atomic E-state index is -0.568. The van der Waals surface area contributed by atoms with Gasteiger partial charge in [0.15, 0.2) is 0 Å². The smallest absolute Gasteiger partial charge is 0.259 e. The third-order valence-corrected chi connectivity index (χ3v) is 6.26. The van der Waals surface area contributed by atoms with E-state index < -0.39 is 12.0 Å². The molecule has 0 bridgehead atoms. The first kappa shape index (κ1) is 23.4. The fraction of sp³-hybridized carbons (Fsp3) is 0.286. The maximum atomic E-state index is 13.8. The normalized spacial score (nSPS) is 17.1. The molecular weight excluding hydrogens is 428 g/mol. The van der Waals surface area contributed by atoms with Crippen LogP contribution in [0.1, 0.15) is 53.2 Å². The molecule has 0 aliphatic carbocycles. The summed E-state index contributed by atoms with van der Waals surface area (Å²) in [6.07, 6.45) is 1.88. The first-order valence-corrected chi connectivity index (χ1v) is 11.6. The van der Waals surface area contributed by atoms with Crippen LogP contribution in [0.15, 0.2) is 72.8 Å². The lowest BCUT2D eigenvalue weighted by atomic mass is 9.78. The van der Waals surface area contributed by atoms with Gasteiger partial charge >= 0.3 is 0 Å². The van der Waals surface area contributed by atoms with Crippen LogP contribution in [0.3, 0.4) is 0 Å². The molecule has 0 unspecified atom stereocenters. The summed E-state index contributed by atoms with van der Waals surface area (Å²) in [5, 5.41) is 3.10. The van der Waals surface area contributed by atoms with Crippen molar-refractivity contribution in [2.45, 2.75) is 31.7 Å². The van der Waals surface area contributed by atoms with Gasteiger partial charge in [-0.15, -0.1) is 0 Å². The predicted octanol–water partition coefficient (Wildman–Crippen LogP) is 5.11. The predicted molar refractivity (Wildman–Crippen MR) is 133 cm³/mol. The number of nitrogens with one attached hydrogen (secondary N) is 1. The number of carbonyl (C=O) groups is 2. The Morgan fingerprint density at radius 1 is 0.912 bits per heavy atom. The van der Waals surface area contributed by atoms with Gasteiger partial charge in [-0.25, -0.2) is 0 Å². The number of carbonyl (C=O) groups excluding carboxylic acids is 2. The Morgan fingerprint density at radius 2 is 1.53 bits per heavy atom. The van der Waals surface area contributed by atoms with E-state index in [0.717, 1.165) is 24.0 Å². The number of hydrogen-bond acceptors (Lipinski definition) is 4. The number of hydrogen-bond donors (Lipinski definition) is 1. The molecule has 0 fully saturated rings. The van der Waals surface area contributed by atoms with Crippen molar-refractivity contribution in [3.8, 4) is 11.5 Å². The Labute approximate surface area is 200 Å². The average molecular weight is 459 g/mol. The lowest BCUT2D eigenvalue weighted by Crippen LogP contribution is -2.47. The summed E-state index contributed by atoms with van der Waals surface area (Å²) in [4.78, 5) is 29.2. The first-order chi connectivity index (χ1) is 16.6. The molecule has 6 nitrogen and oxygen atoms in total. The molecule has 176 valence electrons. The lowest BCUT2D eigenvalue weighted by Gasteiger charge is -2.42. The van der Waals surface area contributed by atoms with Gasteiger partial charge in [0.1, 0.15) is 11.5 Å². The van der Waals surface area contributed by atoms with Crippen LogP contribution in [-0.4, -0.2) is 32.6 Å². The molecule has 2 atom stereocenters. The molecule has 3 aromatic carbocycles. The summed E-state index contributed by atoms with van der Waals surface area (Å²) in [6, 6.07) is 21.8. The third-order valence-electron chi connectivity index (χ3n) is 6.26. The monoisotopic (exact) mass is 458 g/mol. The van der Waals surface area contributed by atoms with Gasteiger partial charge in [-0.2, -0.15) is 0 Å². The highest BCUT2D eigenvalue weighted by atomic mass is 16.5. The molecule has 0 saturated carbocycles. The van der Waals surface area contributed by atoms with E-state index in [1.807, 2.05) is 66.7 Å². The van der Waals surface area contributed by atoms with Gasteiger partial charge in [0.05, 0.1) is 26.2 Å². The zero-order valence-electron chi connectivity index (χ0n) is 19.8. The molecule has 0 radical (unpaired) electrons. The first-order valence-electron chi connectivity index (χ1n) is 11.6. The Kier molecular flexibility index (Phi) is 7.16. The number of ether oxygens (including phenoxy) is 2. The summed E-state index contributed by atoms with van der Waals surface area (Å²) in [5.41, 5.74) is 2.84. The fourth-order valence-corrected chi connectivity index (χ4v) is 4.48. The Morgan fingerprint density at radius 3 is 2.15 bits per heavy atom. The molecule has 4 rings (SSSR count). The van der Waals surface area contributed by atoms with E-state index in [1.54, 1.807) is 25.2 Å². The van der Waals surface area contributed by atoms with Crippen LogP contribution in [-0.2, 0) is 4.79 Å². The second kappa shape index (κ2) is 10.4. The van der Waals surface area contributed by atoms with Crippen LogP contribution in [0, 0.1) is 0 Å². The minimum absolute atomic E-state index is 0.0901. The number of benzene rings is 3. The summed E-state index contributed by atoms with van der Waals surface area (Å²) < 4.78 is 10.6. The van der Waals surface area contributed by atoms with E-state index in [0.29, 0.717) is 29.3 Å². The van der Waals surface area contributed by atoms with E-state index >= 15 is 0 Å². The van der Waals surface area contributed by atoms with Crippen molar-refractivity contribution < 1.29 is 19.1 Å². The van der Waals surface area contributed by atoms with E-state index in [9.17, 15) is 9.59 Å². The van der Waals surface area contributed by atoms with Crippen molar-refractivity contribution in [1.29, 1.82) is 0 Å². The average Bonchev–Trinajstić information content (AvgIpc) is 2.89. The maximum absolute atomic E-state index is 13.8. The molecule has 1 aliphatic rings. The van der Waals surface area contributed by atoms with Crippen molar-refractivity contribution in [3.63, 3.8) is 0 Å². The topological polar surface area (TPSA) is 67.9 Å². The fourth-order valence-electron chi connectivity index (χ4n) is 4.48. The zero-order valence-corrected chi connectivity index (χ0v) is 19.8.